The highest BCUT2D eigenvalue weighted by molar-refractivity contribution is 9.10. The van der Waals surface area contributed by atoms with Gasteiger partial charge in [0.05, 0.1) is 18.6 Å². The first-order valence-corrected chi connectivity index (χ1v) is 14.2. The number of piperidine rings is 1. The van der Waals surface area contributed by atoms with E-state index in [4.69, 9.17) is 32.7 Å². The average molecular weight is 646 g/mol. The van der Waals surface area contributed by atoms with Crippen molar-refractivity contribution in [3.63, 3.8) is 0 Å². The summed E-state index contributed by atoms with van der Waals surface area (Å²) < 4.78 is 11.9. The topological polar surface area (TPSA) is 93.7 Å². The summed E-state index contributed by atoms with van der Waals surface area (Å²) in [6.45, 7) is 3.46. The van der Waals surface area contributed by atoms with Crippen LogP contribution >= 0.6 is 39.1 Å². The number of halogens is 3. The Hall–Kier alpha value is -3.07. The van der Waals surface area contributed by atoms with Gasteiger partial charge in [0.15, 0.2) is 0 Å². The zero-order chi connectivity index (χ0) is 28.8. The van der Waals surface area contributed by atoms with Crippen LogP contribution in [0, 0.1) is 5.41 Å². The molecule has 0 aromatic heterocycles. The van der Waals surface area contributed by atoms with Crippen molar-refractivity contribution >= 4 is 62.6 Å². The third kappa shape index (κ3) is 4.86. The van der Waals surface area contributed by atoms with E-state index < -0.39 is 28.8 Å². The number of ether oxygens (including phenoxy) is 2. The molecule has 0 saturated carbocycles. The average Bonchev–Trinajstić information content (AvgIpc) is 3.19. The van der Waals surface area contributed by atoms with Gasteiger partial charge in [-0.3, -0.25) is 14.4 Å². The number of fused-ring (bicyclic) bond motifs is 2. The number of anilines is 1. The fourth-order valence-electron chi connectivity index (χ4n) is 5.74. The van der Waals surface area contributed by atoms with Crippen molar-refractivity contribution in [3.05, 3.63) is 91.9 Å². The number of carbonyl (C=O) groups excluding carboxylic acids is 3. The largest absolute Gasteiger partial charge is 0.492 e. The van der Waals surface area contributed by atoms with Crippen molar-refractivity contribution in [2.45, 2.75) is 37.6 Å². The summed E-state index contributed by atoms with van der Waals surface area (Å²) in [4.78, 5) is 40.0. The van der Waals surface area contributed by atoms with E-state index in [-0.39, 0.29) is 24.8 Å². The quantitative estimate of drug-likeness (QED) is 0.296. The lowest BCUT2D eigenvalue weighted by molar-refractivity contribution is -0.152. The molecule has 2 heterocycles. The van der Waals surface area contributed by atoms with Gasteiger partial charge in [0, 0.05) is 38.1 Å². The van der Waals surface area contributed by atoms with E-state index in [1.54, 1.807) is 50.2 Å². The molecule has 2 aliphatic rings. The van der Waals surface area contributed by atoms with Gasteiger partial charge in [0.25, 0.3) is 0 Å². The summed E-state index contributed by atoms with van der Waals surface area (Å²) >= 11 is 16.3. The van der Waals surface area contributed by atoms with Gasteiger partial charge >= 0.3 is 5.97 Å². The Morgan fingerprint density at radius 3 is 2.55 bits per heavy atom. The maximum absolute atomic E-state index is 14.3. The van der Waals surface area contributed by atoms with Crippen LogP contribution in [0.25, 0.3) is 0 Å². The highest BCUT2D eigenvalue weighted by atomic mass is 79.9. The fourth-order valence-corrected chi connectivity index (χ4v) is 6.49. The summed E-state index contributed by atoms with van der Waals surface area (Å²) in [5, 5.41) is 7.10. The Kier molecular flexibility index (Phi) is 7.63. The minimum absolute atomic E-state index is 0.0120. The normalized spacial score (nSPS) is 21.9. The number of hydrogen-bond acceptors (Lipinski definition) is 5. The number of carbonyl (C=O) groups is 3. The second-order valence-corrected chi connectivity index (χ2v) is 12.5. The molecule has 2 N–H and O–H groups in total. The summed E-state index contributed by atoms with van der Waals surface area (Å²) in [6, 6.07) is 17.1. The third-order valence-corrected chi connectivity index (χ3v) is 8.57. The molecule has 2 amide bonds. The van der Waals surface area contributed by atoms with Crippen LogP contribution in [-0.2, 0) is 24.5 Å². The number of rotatable bonds is 6. The molecule has 2 aliphatic heterocycles. The van der Waals surface area contributed by atoms with Crippen LogP contribution in [0.15, 0.2) is 65.1 Å². The van der Waals surface area contributed by atoms with Crippen molar-refractivity contribution in [1.82, 2.24) is 5.32 Å². The lowest BCUT2D eigenvalue weighted by atomic mass is 9.59. The maximum Gasteiger partial charge on any atom is 0.314 e. The van der Waals surface area contributed by atoms with E-state index in [0.29, 0.717) is 32.6 Å². The van der Waals surface area contributed by atoms with Crippen molar-refractivity contribution in [3.8, 4) is 5.75 Å². The molecule has 40 heavy (non-hydrogen) atoms. The maximum atomic E-state index is 14.3. The smallest absolute Gasteiger partial charge is 0.314 e. The van der Waals surface area contributed by atoms with E-state index >= 15 is 0 Å². The van der Waals surface area contributed by atoms with Crippen LogP contribution in [0.5, 0.6) is 5.75 Å². The number of methoxy groups -OCH3 is 1. The van der Waals surface area contributed by atoms with Crippen molar-refractivity contribution < 1.29 is 23.9 Å². The predicted octanol–water partition coefficient (Wildman–Crippen LogP) is 6.57. The van der Waals surface area contributed by atoms with E-state index in [1.807, 2.05) is 24.3 Å². The van der Waals surface area contributed by atoms with Gasteiger partial charge in [-0.1, -0.05) is 57.3 Å². The molecule has 1 spiro atoms. The lowest BCUT2D eigenvalue weighted by Crippen LogP contribution is -2.57. The van der Waals surface area contributed by atoms with Gasteiger partial charge in [0.1, 0.15) is 17.8 Å². The third-order valence-electron chi connectivity index (χ3n) is 7.61. The molecule has 3 aromatic rings. The van der Waals surface area contributed by atoms with Crippen LogP contribution in [0.1, 0.15) is 48.9 Å². The molecule has 5 rings (SSSR count). The molecule has 0 aliphatic carbocycles. The molecule has 0 radical (unpaired) electrons. The Balaban J connectivity index is 1.72. The Morgan fingerprint density at radius 1 is 1.07 bits per heavy atom. The van der Waals surface area contributed by atoms with Gasteiger partial charge in [-0.25, -0.2) is 0 Å². The zero-order valence-electron chi connectivity index (χ0n) is 22.0. The highest BCUT2D eigenvalue weighted by Gasteiger charge is 2.61. The number of benzene rings is 3. The molecule has 0 bridgehead atoms. The van der Waals surface area contributed by atoms with Gasteiger partial charge in [-0.05, 0) is 67.4 Å². The van der Waals surface area contributed by atoms with Crippen molar-refractivity contribution in [1.29, 1.82) is 0 Å². The highest BCUT2D eigenvalue weighted by Crippen LogP contribution is 2.58. The second-order valence-electron chi connectivity index (χ2n) is 10.7. The van der Waals surface area contributed by atoms with Crippen LogP contribution in [0.4, 0.5) is 5.69 Å². The molecule has 1 saturated heterocycles. The minimum Gasteiger partial charge on any atom is -0.492 e. The van der Waals surface area contributed by atoms with Gasteiger partial charge in [-0.2, -0.15) is 0 Å². The fraction of sp³-hybridized carbons (Fsp3) is 0.300. The molecule has 7 nitrogen and oxygen atoms in total. The molecule has 3 atom stereocenters. The van der Waals surface area contributed by atoms with Gasteiger partial charge in [0.2, 0.25) is 11.8 Å². The summed E-state index contributed by atoms with van der Waals surface area (Å²) in [5.41, 5.74) is 0.412. The van der Waals surface area contributed by atoms with E-state index in [1.165, 1.54) is 7.11 Å². The summed E-state index contributed by atoms with van der Waals surface area (Å²) in [5.74, 6) is -1.06. The van der Waals surface area contributed by atoms with Crippen molar-refractivity contribution in [2.24, 2.45) is 5.41 Å². The Labute approximate surface area is 250 Å². The first-order chi connectivity index (χ1) is 19.0. The summed E-state index contributed by atoms with van der Waals surface area (Å²) in [6.07, 6.45) is 0.0614. The van der Waals surface area contributed by atoms with Crippen LogP contribution in [-0.4, -0.2) is 31.5 Å². The van der Waals surface area contributed by atoms with Crippen LogP contribution < -0.4 is 15.4 Å². The summed E-state index contributed by atoms with van der Waals surface area (Å²) in [7, 11) is 1.33. The standard InChI is InChI=1S/C30H27BrCl2N2O5/c1-29(2,28(38)39-3)15-40-24-10-7-17(31)12-20(24)26-30(21-9-8-19(33)13-23(21)34-27(30)37)22(14-25(36)35-26)16-5-4-6-18(32)11-16/h4-13,22,26H,14-15H2,1-3H3,(H,34,37)(H,35,36)/t22-,26+,30-/m0/s1. The van der Waals surface area contributed by atoms with Gasteiger partial charge < -0.3 is 20.1 Å². The molecule has 3 aromatic carbocycles. The monoisotopic (exact) mass is 644 g/mol. The van der Waals surface area contributed by atoms with Crippen LogP contribution in [0.2, 0.25) is 10.0 Å². The molecule has 208 valence electrons. The first kappa shape index (κ1) is 28.5. The number of esters is 1. The minimum atomic E-state index is -1.27. The molecule has 0 unspecified atom stereocenters. The zero-order valence-corrected chi connectivity index (χ0v) is 25.1. The SMILES string of the molecule is COC(=O)C(C)(C)COc1ccc(Br)cc1[C@H]1NC(=O)C[C@@H](c2cccc(Cl)c2)[C@]12C(=O)Nc1cc(Cl)ccc12. The lowest BCUT2D eigenvalue weighted by Gasteiger charge is -2.46. The van der Waals surface area contributed by atoms with Gasteiger partial charge in [-0.15, -0.1) is 0 Å². The molecular formula is C30H27BrCl2N2O5. The first-order valence-electron chi connectivity index (χ1n) is 12.6. The number of amides is 2. The van der Waals surface area contributed by atoms with Crippen LogP contribution in [0.3, 0.4) is 0 Å². The predicted molar refractivity (Wildman–Crippen MR) is 157 cm³/mol. The Bertz CT molecular complexity index is 1530. The van der Waals surface area contributed by atoms with E-state index in [9.17, 15) is 14.4 Å². The molecule has 10 heteroatoms. The number of nitrogens with one attached hydrogen (secondary N) is 2. The van der Waals surface area contributed by atoms with E-state index in [0.717, 1.165) is 10.0 Å². The van der Waals surface area contributed by atoms with Crippen molar-refractivity contribution in [2.75, 3.05) is 19.0 Å². The molecular weight excluding hydrogens is 619 g/mol. The Morgan fingerprint density at radius 2 is 1.82 bits per heavy atom. The molecule has 1 fully saturated rings. The number of hydrogen-bond donors (Lipinski definition) is 2. The second kappa shape index (κ2) is 10.7. The van der Waals surface area contributed by atoms with E-state index in [2.05, 4.69) is 26.6 Å².